The number of hydrogen-bond donors (Lipinski definition) is 3. The predicted molar refractivity (Wildman–Crippen MR) is 88.8 cm³/mol. The molecule has 2 amide bonds. The Balaban J connectivity index is 1.88. The van der Waals surface area contributed by atoms with Gasteiger partial charge in [-0.05, 0) is 30.2 Å². The molecule has 2 unspecified atom stereocenters. The zero-order valence-corrected chi connectivity index (χ0v) is 13.9. The summed E-state index contributed by atoms with van der Waals surface area (Å²) in [6.45, 7) is 4.13. The lowest BCUT2D eigenvalue weighted by Crippen LogP contribution is -2.35. The summed E-state index contributed by atoms with van der Waals surface area (Å²) < 4.78 is 5.01. The van der Waals surface area contributed by atoms with Crippen LogP contribution in [0.5, 0.6) is 0 Å². The van der Waals surface area contributed by atoms with E-state index in [0.717, 1.165) is 6.42 Å². The van der Waals surface area contributed by atoms with E-state index in [0.29, 0.717) is 9.88 Å². The molecule has 0 fully saturated rings. The van der Waals surface area contributed by atoms with Crippen molar-refractivity contribution in [2.45, 2.75) is 26.4 Å². The highest BCUT2D eigenvalue weighted by Gasteiger charge is 2.16. The second-order valence-electron chi connectivity index (χ2n) is 5.26. The van der Waals surface area contributed by atoms with Crippen molar-refractivity contribution >= 4 is 28.2 Å². The molecule has 0 aliphatic carbocycles. The summed E-state index contributed by atoms with van der Waals surface area (Å²) in [4.78, 5) is 24.4. The SMILES string of the molecule is CCC(C)C(O)CNC(=O)c1ccc(NC(=O)c2ccco2)s1. The van der Waals surface area contributed by atoms with Crippen molar-refractivity contribution < 1.29 is 19.1 Å². The third kappa shape index (κ3) is 4.67. The van der Waals surface area contributed by atoms with Crippen molar-refractivity contribution in [2.24, 2.45) is 5.92 Å². The van der Waals surface area contributed by atoms with Gasteiger partial charge in [0.05, 0.1) is 22.2 Å². The van der Waals surface area contributed by atoms with Gasteiger partial charge in [-0.3, -0.25) is 9.59 Å². The summed E-state index contributed by atoms with van der Waals surface area (Å²) in [6.07, 6.45) is 1.70. The van der Waals surface area contributed by atoms with E-state index in [-0.39, 0.29) is 30.0 Å². The lowest BCUT2D eigenvalue weighted by atomic mass is 10.0. The van der Waals surface area contributed by atoms with E-state index in [1.165, 1.54) is 17.6 Å². The van der Waals surface area contributed by atoms with Gasteiger partial charge in [0.2, 0.25) is 0 Å². The molecule has 23 heavy (non-hydrogen) atoms. The van der Waals surface area contributed by atoms with Crippen molar-refractivity contribution in [1.82, 2.24) is 5.32 Å². The van der Waals surface area contributed by atoms with Crippen LogP contribution >= 0.6 is 11.3 Å². The highest BCUT2D eigenvalue weighted by Crippen LogP contribution is 2.22. The minimum Gasteiger partial charge on any atom is -0.459 e. The number of thiophene rings is 1. The van der Waals surface area contributed by atoms with Crippen LogP contribution in [0, 0.1) is 5.92 Å². The first-order chi connectivity index (χ1) is 11.0. The monoisotopic (exact) mass is 336 g/mol. The largest absolute Gasteiger partial charge is 0.459 e. The number of aliphatic hydroxyl groups is 1. The topological polar surface area (TPSA) is 91.6 Å². The number of aliphatic hydroxyl groups excluding tert-OH is 1. The standard InChI is InChI=1S/C16H20N2O4S/c1-3-10(2)11(19)9-17-16(21)13-6-7-14(23-13)18-15(20)12-5-4-8-22-12/h4-8,10-11,19H,3,9H2,1-2H3,(H,17,21)(H,18,20). The highest BCUT2D eigenvalue weighted by molar-refractivity contribution is 7.18. The Hall–Kier alpha value is -2.12. The van der Waals surface area contributed by atoms with Crippen LogP contribution < -0.4 is 10.6 Å². The number of rotatable bonds is 7. The quantitative estimate of drug-likeness (QED) is 0.725. The molecule has 2 aromatic heterocycles. The maximum atomic E-state index is 12.0. The molecule has 2 heterocycles. The van der Waals surface area contributed by atoms with E-state index in [1.54, 1.807) is 24.3 Å². The summed E-state index contributed by atoms with van der Waals surface area (Å²) in [5, 5.41) is 15.8. The molecule has 0 aliphatic rings. The van der Waals surface area contributed by atoms with Crippen LogP contribution in [0.25, 0.3) is 0 Å². The normalized spacial score (nSPS) is 13.3. The molecule has 0 saturated heterocycles. The van der Waals surface area contributed by atoms with Crippen molar-refractivity contribution in [3.63, 3.8) is 0 Å². The fourth-order valence-electron chi connectivity index (χ4n) is 1.87. The van der Waals surface area contributed by atoms with Gasteiger partial charge in [0.25, 0.3) is 11.8 Å². The third-order valence-corrected chi connectivity index (χ3v) is 4.58. The zero-order valence-electron chi connectivity index (χ0n) is 13.0. The van der Waals surface area contributed by atoms with Crippen molar-refractivity contribution in [3.05, 3.63) is 41.2 Å². The summed E-state index contributed by atoms with van der Waals surface area (Å²) in [5.41, 5.74) is 0. The Kier molecular flexibility index (Phi) is 5.95. The molecule has 2 aromatic rings. The number of carbonyl (C=O) groups is 2. The summed E-state index contributed by atoms with van der Waals surface area (Å²) in [7, 11) is 0. The second kappa shape index (κ2) is 7.94. The Labute approximate surface area is 138 Å². The molecule has 0 spiro atoms. The minimum absolute atomic E-state index is 0.127. The first kappa shape index (κ1) is 17.2. The smallest absolute Gasteiger partial charge is 0.291 e. The van der Waals surface area contributed by atoms with E-state index in [2.05, 4.69) is 10.6 Å². The predicted octanol–water partition coefficient (Wildman–Crippen LogP) is 2.73. The number of nitrogens with one attached hydrogen (secondary N) is 2. The van der Waals surface area contributed by atoms with E-state index >= 15 is 0 Å². The van der Waals surface area contributed by atoms with Gasteiger partial charge >= 0.3 is 0 Å². The van der Waals surface area contributed by atoms with Gasteiger partial charge in [0, 0.05) is 6.54 Å². The average Bonchev–Trinajstić information content (AvgIpc) is 3.22. The molecule has 2 rings (SSSR count). The zero-order chi connectivity index (χ0) is 16.8. The number of anilines is 1. The van der Waals surface area contributed by atoms with Gasteiger partial charge in [-0.15, -0.1) is 11.3 Å². The Bertz CT molecular complexity index is 651. The highest BCUT2D eigenvalue weighted by atomic mass is 32.1. The van der Waals surface area contributed by atoms with Crippen molar-refractivity contribution in [1.29, 1.82) is 0 Å². The molecule has 0 bridgehead atoms. The Morgan fingerprint density at radius 3 is 2.74 bits per heavy atom. The maximum absolute atomic E-state index is 12.0. The van der Waals surface area contributed by atoms with Gasteiger partial charge in [0.1, 0.15) is 0 Å². The Morgan fingerprint density at radius 2 is 2.09 bits per heavy atom. The molecule has 7 heteroatoms. The number of furan rings is 1. The summed E-state index contributed by atoms with van der Waals surface area (Å²) in [6, 6.07) is 6.48. The third-order valence-electron chi connectivity index (χ3n) is 3.58. The first-order valence-electron chi connectivity index (χ1n) is 7.42. The van der Waals surface area contributed by atoms with Crippen LogP contribution in [0.2, 0.25) is 0 Å². The molecule has 124 valence electrons. The van der Waals surface area contributed by atoms with E-state index in [4.69, 9.17) is 4.42 Å². The molecule has 3 N–H and O–H groups in total. The molecule has 0 aromatic carbocycles. The van der Waals surface area contributed by atoms with E-state index in [9.17, 15) is 14.7 Å². The molecular weight excluding hydrogens is 316 g/mol. The van der Waals surface area contributed by atoms with Gasteiger partial charge in [-0.1, -0.05) is 20.3 Å². The van der Waals surface area contributed by atoms with Crippen LogP contribution in [0.15, 0.2) is 34.9 Å². The van der Waals surface area contributed by atoms with E-state index in [1.807, 2.05) is 13.8 Å². The molecule has 2 atom stereocenters. The van der Waals surface area contributed by atoms with Crippen molar-refractivity contribution in [3.8, 4) is 0 Å². The van der Waals surface area contributed by atoms with Gasteiger partial charge in [-0.2, -0.15) is 0 Å². The lowest BCUT2D eigenvalue weighted by molar-refractivity contribution is 0.0853. The molecule has 0 saturated carbocycles. The summed E-state index contributed by atoms with van der Waals surface area (Å²) in [5.74, 6) is -0.297. The van der Waals surface area contributed by atoms with Crippen LogP contribution in [-0.2, 0) is 0 Å². The summed E-state index contributed by atoms with van der Waals surface area (Å²) >= 11 is 1.17. The maximum Gasteiger partial charge on any atom is 0.291 e. The molecule has 0 radical (unpaired) electrons. The average molecular weight is 336 g/mol. The minimum atomic E-state index is -0.568. The molecule has 6 nitrogen and oxygen atoms in total. The second-order valence-corrected chi connectivity index (χ2v) is 6.34. The number of hydrogen-bond acceptors (Lipinski definition) is 5. The van der Waals surface area contributed by atoms with Crippen LogP contribution in [0.3, 0.4) is 0 Å². The fourth-order valence-corrected chi connectivity index (χ4v) is 2.68. The van der Waals surface area contributed by atoms with Gasteiger partial charge in [0.15, 0.2) is 5.76 Å². The van der Waals surface area contributed by atoms with Crippen LogP contribution in [0.1, 0.15) is 40.5 Å². The van der Waals surface area contributed by atoms with Crippen molar-refractivity contribution in [2.75, 3.05) is 11.9 Å². The first-order valence-corrected chi connectivity index (χ1v) is 8.23. The number of amides is 2. The number of carbonyl (C=O) groups excluding carboxylic acids is 2. The van der Waals surface area contributed by atoms with Gasteiger partial charge in [-0.25, -0.2) is 0 Å². The molecule has 0 aliphatic heterocycles. The lowest BCUT2D eigenvalue weighted by Gasteiger charge is -2.17. The van der Waals surface area contributed by atoms with Crippen LogP contribution in [0.4, 0.5) is 5.00 Å². The fraction of sp³-hybridized carbons (Fsp3) is 0.375. The van der Waals surface area contributed by atoms with E-state index < -0.39 is 6.10 Å². The van der Waals surface area contributed by atoms with Gasteiger partial charge < -0.3 is 20.2 Å². The molecular formula is C16H20N2O4S. The van der Waals surface area contributed by atoms with Crippen LogP contribution in [-0.4, -0.2) is 29.6 Å². The Morgan fingerprint density at radius 1 is 1.30 bits per heavy atom.